The van der Waals surface area contributed by atoms with E-state index < -0.39 is 16.8 Å². The van der Waals surface area contributed by atoms with Crippen LogP contribution in [0.5, 0.6) is 5.75 Å². The number of benzene rings is 4. The molecule has 12 rings (SSSR count). The Kier molecular flexibility index (Phi) is 52.2. The second-order valence-electron chi connectivity index (χ2n) is 42.2. The summed E-state index contributed by atoms with van der Waals surface area (Å²) in [5, 5.41) is 65.6. The molecular formula is C112H184F2N12O12S. The molecule has 4 saturated heterocycles. The second-order valence-corrected chi connectivity index (χ2v) is 43.1. The van der Waals surface area contributed by atoms with Crippen molar-refractivity contribution in [1.82, 2.24) is 62.1 Å². The molecular weight excluding hydrogens is 1780 g/mol. The van der Waals surface area contributed by atoms with E-state index in [0.29, 0.717) is 108 Å². The van der Waals surface area contributed by atoms with Crippen molar-refractivity contribution in [3.63, 3.8) is 0 Å². The first-order valence-corrected chi connectivity index (χ1v) is 54.9. The van der Waals surface area contributed by atoms with Gasteiger partial charge in [-0.05, 0) is 272 Å². The summed E-state index contributed by atoms with van der Waals surface area (Å²) in [6.07, 6.45) is 37.8. The van der Waals surface area contributed by atoms with Crippen molar-refractivity contribution >= 4 is 45.5 Å². The van der Waals surface area contributed by atoms with Crippen LogP contribution in [0.2, 0.25) is 0 Å². The lowest BCUT2D eigenvalue weighted by molar-refractivity contribution is -0.0589. The van der Waals surface area contributed by atoms with E-state index in [4.69, 9.17) is 23.7 Å². The van der Waals surface area contributed by atoms with E-state index in [2.05, 4.69) is 80.0 Å². The van der Waals surface area contributed by atoms with Crippen LogP contribution in [0, 0.1) is 65.9 Å². The molecule has 1 aromatic heterocycles. The zero-order valence-corrected chi connectivity index (χ0v) is 88.2. The summed E-state index contributed by atoms with van der Waals surface area (Å²) in [7, 11) is 14.5. The summed E-state index contributed by atoms with van der Waals surface area (Å²) >= 11 is 1.69. The fourth-order valence-corrected chi connectivity index (χ4v) is 24.5. The average molecular weight is 1960 g/mol. The predicted molar refractivity (Wildman–Crippen MR) is 560 cm³/mol. The summed E-state index contributed by atoms with van der Waals surface area (Å²) in [5.74, 6) is 2.91. The number of aliphatic hydroxyl groups is 3. The normalized spacial score (nSPS) is 21.0. The Hall–Kier alpha value is -6.86. The number of fused-ring (bicyclic) bond motifs is 1. The molecule has 5 aromatic rings. The molecule has 7 fully saturated rings. The van der Waals surface area contributed by atoms with Gasteiger partial charge >= 0.3 is 24.1 Å². The number of carbonyl (C=O) groups excluding carboxylic acids is 4. The number of aryl methyl sites for hydroxylation is 1. The van der Waals surface area contributed by atoms with Gasteiger partial charge in [0.1, 0.15) is 17.4 Å². The van der Waals surface area contributed by atoms with Crippen LogP contribution in [0.15, 0.2) is 96.4 Å². The number of methoxy groups -OCH3 is 4. The van der Waals surface area contributed by atoms with Gasteiger partial charge < -0.3 is 101 Å². The Morgan fingerprint density at radius 2 is 0.863 bits per heavy atom. The highest BCUT2D eigenvalue weighted by Crippen LogP contribution is 2.48. The fourth-order valence-electron chi connectivity index (χ4n) is 23.5. The third-order valence-corrected chi connectivity index (χ3v) is 31.8. The number of likely N-dealkylation sites (N-methyl/N-ethyl adjacent to an activating group) is 4. The second kappa shape index (κ2) is 62.7. The lowest BCUT2D eigenvalue weighted by Gasteiger charge is -2.43. The average Bonchev–Trinajstić information content (AvgIpc) is 1.23. The third kappa shape index (κ3) is 37.0. The number of hydrogen-bond acceptors (Lipinski definition) is 17. The number of carbonyl (C=O) groups is 4. The van der Waals surface area contributed by atoms with E-state index in [1.54, 1.807) is 64.0 Å². The number of amides is 8. The van der Waals surface area contributed by atoms with Crippen LogP contribution in [-0.2, 0) is 35.8 Å². The van der Waals surface area contributed by atoms with E-state index in [0.717, 1.165) is 213 Å². The first-order chi connectivity index (χ1) is 67.3. The first kappa shape index (κ1) is 116. The van der Waals surface area contributed by atoms with E-state index in [9.17, 15) is 43.3 Å². The number of rotatable bonds is 49. The van der Waals surface area contributed by atoms with Gasteiger partial charge in [0.2, 0.25) is 0 Å². The van der Waals surface area contributed by atoms with Gasteiger partial charge in [-0.15, -0.1) is 11.3 Å². The zero-order chi connectivity index (χ0) is 99.8. The third-order valence-electron chi connectivity index (χ3n) is 30.8. The minimum absolute atomic E-state index is 0.00454. The van der Waals surface area contributed by atoms with Crippen LogP contribution in [0.1, 0.15) is 292 Å². The molecule has 12 atom stereocenters. The van der Waals surface area contributed by atoms with Gasteiger partial charge in [0.05, 0.1) is 23.4 Å². The molecule has 7 aliphatic rings. The number of para-hydroxylation sites is 1. The number of nitrogens with zero attached hydrogens (tertiary/aromatic N) is 4. The molecule has 3 aliphatic carbocycles. The van der Waals surface area contributed by atoms with E-state index >= 15 is 0 Å². The summed E-state index contributed by atoms with van der Waals surface area (Å²) in [6.45, 7) is 20.0. The molecule has 8 amide bonds. The van der Waals surface area contributed by atoms with Gasteiger partial charge in [-0.1, -0.05) is 170 Å². The van der Waals surface area contributed by atoms with Gasteiger partial charge in [0.25, 0.3) is 0 Å². The zero-order valence-electron chi connectivity index (χ0n) is 87.4. The Balaban J connectivity index is 0.000000207. The number of unbranched alkanes of at least 4 members (excludes halogenated alkanes) is 4. The van der Waals surface area contributed by atoms with E-state index in [1.807, 2.05) is 104 Å². The van der Waals surface area contributed by atoms with Crippen LogP contribution >= 0.6 is 11.3 Å². The van der Waals surface area contributed by atoms with Gasteiger partial charge in [0.15, 0.2) is 0 Å². The van der Waals surface area contributed by atoms with Crippen molar-refractivity contribution in [1.29, 1.82) is 0 Å². The minimum atomic E-state index is -1.31. The lowest BCUT2D eigenvalue weighted by Crippen LogP contribution is -2.54. The summed E-state index contributed by atoms with van der Waals surface area (Å²) in [4.78, 5) is 60.5. The number of ether oxygens (including phenoxy) is 5. The predicted octanol–water partition coefficient (Wildman–Crippen LogP) is 20.1. The minimum Gasteiger partial charge on any atom is -0.493 e. The highest BCUT2D eigenvalue weighted by atomic mass is 32.1. The van der Waals surface area contributed by atoms with Crippen molar-refractivity contribution in [2.24, 2.45) is 47.3 Å². The largest absolute Gasteiger partial charge is 0.493 e. The fraction of sp³-hybridized carbons (Fsp3) is 0.732. The van der Waals surface area contributed by atoms with Crippen LogP contribution in [-0.4, -0.2) is 251 Å². The molecule has 11 N–H and O–H groups in total. The Morgan fingerprint density at radius 3 is 1.36 bits per heavy atom. The van der Waals surface area contributed by atoms with E-state index in [-0.39, 0.29) is 89.5 Å². The van der Waals surface area contributed by atoms with Crippen LogP contribution in [0.25, 0.3) is 10.1 Å². The van der Waals surface area contributed by atoms with Crippen molar-refractivity contribution in [3.05, 3.63) is 136 Å². The molecule has 0 bridgehead atoms. The van der Waals surface area contributed by atoms with Crippen LogP contribution in [0.4, 0.5) is 28.0 Å². The summed E-state index contributed by atoms with van der Waals surface area (Å²) in [6, 6.07) is 28.7. The Morgan fingerprint density at radius 1 is 0.439 bits per heavy atom. The monoisotopic (exact) mass is 1960 g/mol. The number of halogens is 2. The topological polar surface area (TPSA) is 284 Å². The molecule has 24 nitrogen and oxygen atoms in total. The lowest BCUT2D eigenvalue weighted by atomic mass is 9.73. The molecule has 139 heavy (non-hydrogen) atoms. The van der Waals surface area contributed by atoms with Crippen LogP contribution in [0.3, 0.4) is 0 Å². The molecule has 5 heterocycles. The van der Waals surface area contributed by atoms with E-state index in [1.165, 1.54) is 101 Å². The SMILES string of the molecule is CNC[C@H](C)NC(=O)N1CCC[C@@H]([C@@](O)(CCCCOC)c2ccccc2OCC2CCCC2)C1.CNC[C@H](CC(C)C)NC(=O)N1CCC[C@@H]([C@@](O)(CCCCOC)c2cccc3ccsc23)C1.CNC[C@H](CC1CCCCC1)NC(=O)N1CCC[C@@H]([C@@H](CCCCOC)c2cc(C)ccc2F)C1.CNC[C@H](CC1CCCCC1)NC(=O)N1CCC[C@@H]([C@@](O)(CCCCOC)c2ccccc2F)C1. The highest BCUT2D eigenvalue weighted by Gasteiger charge is 2.47. The molecule has 0 spiro atoms. The quantitative estimate of drug-likeness (QED) is 0.0161. The number of urea groups is 4. The highest BCUT2D eigenvalue weighted by molar-refractivity contribution is 7.17. The first-order valence-electron chi connectivity index (χ1n) is 54.0. The number of hydrogen-bond donors (Lipinski definition) is 11. The maximum atomic E-state index is 15.0. The molecule has 27 heteroatoms. The molecule has 0 radical (unpaired) electrons. The smallest absolute Gasteiger partial charge is 0.317 e. The van der Waals surface area contributed by atoms with Gasteiger partial charge in [-0.3, -0.25) is 0 Å². The van der Waals surface area contributed by atoms with Gasteiger partial charge in [-0.2, -0.15) is 0 Å². The molecule has 4 aliphatic heterocycles. The number of nitrogens with one attached hydrogen (secondary N) is 8. The van der Waals surface area contributed by atoms with Gasteiger partial charge in [0, 0.05) is 197 Å². The standard InChI is InChI=1S/C29H48FN3O2.C28H46FN3O3.C28H47N3O4.C27H43N3O3S/c1-22-14-15-28(30)27(18-22)26(13-7-8-17-35-3)24-12-9-16-33(21-24)29(34)32-25(20-31-2)19-23-10-5-4-6-11-23;1-30-20-24(19-22-11-4-3-5-12-22)31-27(33)32-17-10-13-23(21-32)28(34,16-8-9-18-35-2)25-14-6-7-15-26(25)29;1-22(19-29-2)30-27(32)31-17-10-13-24(20-31)28(33,16-8-9-18-34-3)25-14-6-7-15-26(25)35-21-23-11-4-5-12-23;1-20(2)17-23(18-28-3)29-26(31)30-14-8-10-22(19-30)27(32,13-5-6-15-33-4)24-11-7-9-21-12-16-34-25(21)24/h14-15,18,23-26,31H,4-13,16-17,19-21H2,1-3H3,(H,32,34);6-7,14-15,22-24,30,34H,3-5,8-13,16-21H2,1-2H3,(H,31,33);6-7,14-15,22-24,29,33H,4-5,8-13,16-21H2,1-3H3,(H,30,32);7,9,11-12,16,20,22-23,28,32H,5-6,8,10,13-15,17-19H2,1-4H3,(H,29,31)/t24-,25+,26-;23-,24+,28+;22-,24+,28-;22-,23+,27+/m1101/s1. The van der Waals surface area contributed by atoms with Crippen molar-refractivity contribution in [2.75, 3.05) is 168 Å². The molecule has 4 aromatic carbocycles. The van der Waals surface area contributed by atoms with Gasteiger partial charge in [-0.25, -0.2) is 28.0 Å². The Labute approximate surface area is 839 Å². The number of thiophene rings is 1. The van der Waals surface area contributed by atoms with Crippen molar-refractivity contribution < 1.29 is 67.0 Å². The van der Waals surface area contributed by atoms with Crippen LogP contribution < -0.4 is 47.3 Å². The molecule has 0 unspecified atom stereocenters. The molecule has 784 valence electrons. The molecule has 3 saturated carbocycles. The number of piperidine rings is 4. The maximum Gasteiger partial charge on any atom is 0.317 e. The van der Waals surface area contributed by atoms with Crippen molar-refractivity contribution in [3.8, 4) is 5.75 Å². The number of likely N-dealkylation sites (tertiary alicyclic amines) is 4. The summed E-state index contributed by atoms with van der Waals surface area (Å²) < 4.78 is 58.3. The Bertz CT molecular complexity index is 4270. The maximum absolute atomic E-state index is 15.0. The van der Waals surface area contributed by atoms with Crippen molar-refractivity contribution in [2.45, 2.75) is 312 Å². The summed E-state index contributed by atoms with van der Waals surface area (Å²) in [5.41, 5.74) is 0.782.